The van der Waals surface area contributed by atoms with Gasteiger partial charge in [-0.15, -0.1) is 16.8 Å². The van der Waals surface area contributed by atoms with Gasteiger partial charge in [0.2, 0.25) is 0 Å². The quantitative estimate of drug-likeness (QED) is 0.485. The molecule has 1 aromatic carbocycles. The number of benzene rings is 1. The fraction of sp³-hybridized carbons (Fsp3) is 0.389. The van der Waals surface area contributed by atoms with Gasteiger partial charge in [-0.3, -0.25) is 0 Å². The van der Waals surface area contributed by atoms with E-state index in [4.69, 9.17) is 0 Å². The van der Waals surface area contributed by atoms with Crippen LogP contribution in [0.4, 0.5) is 0 Å². The molecule has 2 rings (SSSR count). The van der Waals surface area contributed by atoms with Gasteiger partial charge in [0, 0.05) is 13.6 Å². The van der Waals surface area contributed by atoms with Crippen LogP contribution in [0.1, 0.15) is 28.3 Å². The van der Waals surface area contributed by atoms with Crippen molar-refractivity contribution in [2.75, 3.05) is 6.54 Å². The normalized spacial score (nSPS) is 11.4. The van der Waals surface area contributed by atoms with Crippen LogP contribution >= 0.6 is 0 Å². The summed E-state index contributed by atoms with van der Waals surface area (Å²) in [6.45, 7) is 11.7. The highest BCUT2D eigenvalue weighted by Crippen LogP contribution is 2.11. The zero-order valence-electron chi connectivity index (χ0n) is 14.9. The second-order valence-electron chi connectivity index (χ2n) is 5.84. The molecule has 1 aromatic heterocycles. The minimum atomic E-state index is 0.563. The fourth-order valence-electron chi connectivity index (χ4n) is 2.30. The summed E-state index contributed by atoms with van der Waals surface area (Å²) < 4.78 is 1.96. The number of nitrogens with one attached hydrogen (secondary N) is 2. The summed E-state index contributed by atoms with van der Waals surface area (Å²) in [5.74, 6) is 2.49. The van der Waals surface area contributed by atoms with Gasteiger partial charge in [-0.1, -0.05) is 29.8 Å². The molecule has 6 nitrogen and oxygen atoms in total. The third-order valence-corrected chi connectivity index (χ3v) is 3.92. The molecule has 2 N–H and O–H groups in total. The number of hydrogen-bond donors (Lipinski definition) is 2. The van der Waals surface area contributed by atoms with E-state index in [-0.39, 0.29) is 0 Å². The Labute approximate surface area is 143 Å². The molecule has 0 radical (unpaired) electrons. The minimum Gasteiger partial charge on any atom is -0.353 e. The lowest BCUT2D eigenvalue weighted by Crippen LogP contribution is -2.37. The second kappa shape index (κ2) is 8.29. The zero-order chi connectivity index (χ0) is 17.5. The molecule has 128 valence electrons. The maximum atomic E-state index is 4.66. The molecule has 0 atom stereocenters. The lowest BCUT2D eigenvalue weighted by Gasteiger charge is -2.12. The summed E-state index contributed by atoms with van der Waals surface area (Å²) in [5, 5.41) is 14.7. The summed E-state index contributed by atoms with van der Waals surface area (Å²) in [6.07, 6.45) is 1.81. The lowest BCUT2D eigenvalue weighted by molar-refractivity contribution is 0.721. The Bertz CT molecular complexity index is 729. The van der Waals surface area contributed by atoms with Crippen molar-refractivity contribution in [2.24, 2.45) is 12.0 Å². The maximum Gasteiger partial charge on any atom is 0.192 e. The standard InChI is InChI=1S/C18H26N6/c1-6-9-19-18(21-12-17-23-22-15(4)24(17)5)20-11-16-8-7-13(2)10-14(16)3/h6-8,10H,1,9,11-12H2,2-5H3,(H2,19,20,21). The Morgan fingerprint density at radius 2 is 2.04 bits per heavy atom. The summed E-state index contributed by atoms with van der Waals surface area (Å²) in [6, 6.07) is 6.42. The van der Waals surface area contributed by atoms with Crippen molar-refractivity contribution in [1.29, 1.82) is 0 Å². The Kier molecular flexibility index (Phi) is 6.12. The van der Waals surface area contributed by atoms with Gasteiger partial charge in [-0.25, -0.2) is 4.99 Å². The van der Waals surface area contributed by atoms with Crippen molar-refractivity contribution >= 4 is 5.96 Å². The van der Waals surface area contributed by atoms with Crippen LogP contribution in [0.5, 0.6) is 0 Å². The predicted molar refractivity (Wildman–Crippen MR) is 97.8 cm³/mol. The molecule has 0 aliphatic rings. The largest absolute Gasteiger partial charge is 0.353 e. The van der Waals surface area contributed by atoms with Gasteiger partial charge in [0.1, 0.15) is 5.82 Å². The molecule has 0 aliphatic carbocycles. The van der Waals surface area contributed by atoms with Gasteiger partial charge < -0.3 is 15.2 Å². The lowest BCUT2D eigenvalue weighted by atomic mass is 10.1. The van der Waals surface area contributed by atoms with Crippen molar-refractivity contribution in [2.45, 2.75) is 33.9 Å². The zero-order valence-corrected chi connectivity index (χ0v) is 14.9. The molecule has 0 aliphatic heterocycles. The molecule has 0 saturated carbocycles. The first-order valence-electron chi connectivity index (χ1n) is 8.05. The average molecular weight is 326 g/mol. The Hall–Kier alpha value is -2.63. The highest BCUT2D eigenvalue weighted by molar-refractivity contribution is 5.79. The molecule has 0 bridgehead atoms. The first kappa shape index (κ1) is 17.7. The summed E-state index contributed by atoms with van der Waals surface area (Å²) in [7, 11) is 1.95. The number of rotatable bonds is 6. The van der Waals surface area contributed by atoms with E-state index in [1.165, 1.54) is 16.7 Å². The van der Waals surface area contributed by atoms with Gasteiger partial charge in [0.05, 0.1) is 13.1 Å². The van der Waals surface area contributed by atoms with Crippen LogP contribution in [0, 0.1) is 20.8 Å². The van der Waals surface area contributed by atoms with Crippen molar-refractivity contribution in [3.05, 3.63) is 59.2 Å². The average Bonchev–Trinajstić information content (AvgIpc) is 2.87. The number of hydrogen-bond acceptors (Lipinski definition) is 3. The molecule has 24 heavy (non-hydrogen) atoms. The van der Waals surface area contributed by atoms with Crippen molar-refractivity contribution in [3.63, 3.8) is 0 Å². The van der Waals surface area contributed by atoms with Crippen LogP contribution in [0.15, 0.2) is 35.8 Å². The third-order valence-electron chi connectivity index (χ3n) is 3.92. The first-order chi connectivity index (χ1) is 11.5. The highest BCUT2D eigenvalue weighted by atomic mass is 15.3. The maximum absolute atomic E-state index is 4.66. The van der Waals surface area contributed by atoms with Gasteiger partial charge >= 0.3 is 0 Å². The molecule has 0 saturated heterocycles. The van der Waals surface area contributed by atoms with Crippen LogP contribution in [-0.4, -0.2) is 27.3 Å². The van der Waals surface area contributed by atoms with Gasteiger partial charge in [0.15, 0.2) is 11.8 Å². The van der Waals surface area contributed by atoms with E-state index < -0.39 is 0 Å². The number of guanidine groups is 1. The summed E-state index contributed by atoms with van der Waals surface area (Å²) in [4.78, 5) is 4.66. The minimum absolute atomic E-state index is 0.563. The smallest absolute Gasteiger partial charge is 0.192 e. The molecule has 1 heterocycles. The monoisotopic (exact) mass is 326 g/mol. The topological polar surface area (TPSA) is 67.1 Å². The number of nitrogens with zero attached hydrogens (tertiary/aromatic N) is 4. The van der Waals surface area contributed by atoms with Gasteiger partial charge in [-0.05, 0) is 31.9 Å². The van der Waals surface area contributed by atoms with E-state index in [0.29, 0.717) is 19.6 Å². The molecule has 0 spiro atoms. The van der Waals surface area contributed by atoms with Crippen LogP contribution < -0.4 is 10.6 Å². The molecular formula is C18H26N6. The van der Waals surface area contributed by atoms with Gasteiger partial charge in [0.25, 0.3) is 0 Å². The third kappa shape index (κ3) is 4.68. The van der Waals surface area contributed by atoms with E-state index in [9.17, 15) is 0 Å². The van der Waals surface area contributed by atoms with E-state index in [0.717, 1.165) is 17.6 Å². The summed E-state index contributed by atoms with van der Waals surface area (Å²) >= 11 is 0. The number of aryl methyl sites for hydroxylation is 3. The number of aromatic nitrogens is 3. The van der Waals surface area contributed by atoms with Crippen LogP contribution in [-0.2, 0) is 20.1 Å². The molecule has 2 aromatic rings. The fourth-order valence-corrected chi connectivity index (χ4v) is 2.30. The van der Waals surface area contributed by atoms with E-state index in [1.54, 1.807) is 6.08 Å². The van der Waals surface area contributed by atoms with Crippen LogP contribution in [0.25, 0.3) is 0 Å². The Morgan fingerprint density at radius 1 is 1.25 bits per heavy atom. The van der Waals surface area contributed by atoms with E-state index >= 15 is 0 Å². The van der Waals surface area contributed by atoms with Crippen molar-refractivity contribution in [1.82, 2.24) is 25.4 Å². The molecule has 0 fully saturated rings. The molecule has 6 heteroatoms. The van der Waals surface area contributed by atoms with E-state index in [1.807, 2.05) is 18.5 Å². The summed E-state index contributed by atoms with van der Waals surface area (Å²) in [5.41, 5.74) is 3.74. The Balaban J connectivity index is 2.06. The molecule has 0 unspecified atom stereocenters. The SMILES string of the molecule is C=CCNC(=NCc1ccc(C)cc1C)NCc1nnc(C)n1C. The van der Waals surface area contributed by atoms with Crippen molar-refractivity contribution < 1.29 is 0 Å². The second-order valence-corrected chi connectivity index (χ2v) is 5.84. The van der Waals surface area contributed by atoms with Gasteiger partial charge in [-0.2, -0.15) is 0 Å². The first-order valence-corrected chi connectivity index (χ1v) is 8.05. The van der Waals surface area contributed by atoms with E-state index in [2.05, 4.69) is 64.4 Å². The molecular weight excluding hydrogens is 300 g/mol. The molecule has 0 amide bonds. The predicted octanol–water partition coefficient (Wildman–Crippen LogP) is 2.16. The van der Waals surface area contributed by atoms with Crippen LogP contribution in [0.3, 0.4) is 0 Å². The van der Waals surface area contributed by atoms with Crippen LogP contribution in [0.2, 0.25) is 0 Å². The van der Waals surface area contributed by atoms with Crippen molar-refractivity contribution in [3.8, 4) is 0 Å². The highest BCUT2D eigenvalue weighted by Gasteiger charge is 2.06. The number of aliphatic imine (C=N–C) groups is 1. The Morgan fingerprint density at radius 3 is 2.67 bits per heavy atom.